The SMILES string of the molecule is CC(=O)[C@H](Cc1ccccc1)NC(=O)CSc1nc2cc(Cl)ccc2n1C. The van der Waals surface area contributed by atoms with Crippen molar-refractivity contribution in [2.75, 3.05) is 5.75 Å². The molecule has 0 radical (unpaired) electrons. The van der Waals surface area contributed by atoms with Crippen LogP contribution < -0.4 is 5.32 Å². The molecule has 140 valence electrons. The molecule has 0 fully saturated rings. The molecule has 0 spiro atoms. The van der Waals surface area contributed by atoms with Crippen molar-refractivity contribution >= 4 is 46.1 Å². The molecule has 7 heteroatoms. The van der Waals surface area contributed by atoms with Crippen LogP contribution in [-0.4, -0.2) is 33.0 Å². The number of amides is 1. The second-order valence-electron chi connectivity index (χ2n) is 6.30. The van der Waals surface area contributed by atoms with Crippen LogP contribution in [0.5, 0.6) is 0 Å². The van der Waals surface area contributed by atoms with Gasteiger partial charge in [0.2, 0.25) is 5.91 Å². The molecule has 1 atom stereocenters. The van der Waals surface area contributed by atoms with E-state index in [1.165, 1.54) is 18.7 Å². The first-order valence-electron chi connectivity index (χ1n) is 8.52. The third-order valence-electron chi connectivity index (χ3n) is 4.24. The topological polar surface area (TPSA) is 64.0 Å². The molecule has 1 amide bonds. The van der Waals surface area contributed by atoms with E-state index < -0.39 is 6.04 Å². The van der Waals surface area contributed by atoms with Crippen molar-refractivity contribution in [3.8, 4) is 0 Å². The molecule has 2 aromatic carbocycles. The fraction of sp³-hybridized carbons (Fsp3) is 0.250. The second kappa shape index (κ2) is 8.59. The van der Waals surface area contributed by atoms with E-state index in [0.29, 0.717) is 11.4 Å². The number of hydrogen-bond acceptors (Lipinski definition) is 4. The van der Waals surface area contributed by atoms with E-state index in [2.05, 4.69) is 10.3 Å². The predicted molar refractivity (Wildman–Crippen MR) is 109 cm³/mol. The average molecular weight is 402 g/mol. The lowest BCUT2D eigenvalue weighted by molar-refractivity contribution is -0.125. The molecule has 0 saturated heterocycles. The van der Waals surface area contributed by atoms with E-state index in [-0.39, 0.29) is 17.4 Å². The zero-order valence-corrected chi connectivity index (χ0v) is 16.7. The van der Waals surface area contributed by atoms with Gasteiger partial charge in [0.05, 0.1) is 22.8 Å². The number of nitrogens with zero attached hydrogens (tertiary/aromatic N) is 2. The Balaban J connectivity index is 1.63. The number of Topliss-reactive ketones (excluding diaryl/α,β-unsaturated/α-hetero) is 1. The normalized spacial score (nSPS) is 12.1. The van der Waals surface area contributed by atoms with E-state index in [0.717, 1.165) is 21.8 Å². The molecule has 0 aliphatic carbocycles. The van der Waals surface area contributed by atoms with Crippen molar-refractivity contribution < 1.29 is 9.59 Å². The molecule has 1 heterocycles. The minimum Gasteiger partial charge on any atom is -0.345 e. The van der Waals surface area contributed by atoms with Gasteiger partial charge in [-0.2, -0.15) is 0 Å². The van der Waals surface area contributed by atoms with Crippen molar-refractivity contribution in [2.45, 2.75) is 24.5 Å². The molecule has 0 aliphatic rings. The van der Waals surface area contributed by atoms with Gasteiger partial charge in [-0.1, -0.05) is 53.7 Å². The Hall–Kier alpha value is -2.31. The van der Waals surface area contributed by atoms with Crippen LogP contribution >= 0.6 is 23.4 Å². The second-order valence-corrected chi connectivity index (χ2v) is 7.67. The van der Waals surface area contributed by atoms with Gasteiger partial charge < -0.3 is 9.88 Å². The van der Waals surface area contributed by atoms with Gasteiger partial charge in [-0.3, -0.25) is 9.59 Å². The van der Waals surface area contributed by atoms with Crippen LogP contribution in [0.25, 0.3) is 11.0 Å². The summed E-state index contributed by atoms with van der Waals surface area (Å²) < 4.78 is 1.93. The summed E-state index contributed by atoms with van der Waals surface area (Å²) in [6.07, 6.45) is 0.484. The third kappa shape index (κ3) is 4.90. The lowest BCUT2D eigenvalue weighted by atomic mass is 10.0. The molecule has 0 bridgehead atoms. The van der Waals surface area contributed by atoms with Gasteiger partial charge in [-0.25, -0.2) is 4.98 Å². The van der Waals surface area contributed by atoms with Gasteiger partial charge in [0.15, 0.2) is 10.9 Å². The fourth-order valence-electron chi connectivity index (χ4n) is 2.79. The Morgan fingerprint density at radius 2 is 1.96 bits per heavy atom. The zero-order valence-electron chi connectivity index (χ0n) is 15.1. The van der Waals surface area contributed by atoms with Crippen molar-refractivity contribution in [1.82, 2.24) is 14.9 Å². The first-order valence-corrected chi connectivity index (χ1v) is 9.89. The Morgan fingerprint density at radius 3 is 2.67 bits per heavy atom. The number of nitrogens with one attached hydrogen (secondary N) is 1. The van der Waals surface area contributed by atoms with Crippen molar-refractivity contribution in [1.29, 1.82) is 0 Å². The van der Waals surface area contributed by atoms with E-state index in [4.69, 9.17) is 11.6 Å². The summed E-state index contributed by atoms with van der Waals surface area (Å²) in [7, 11) is 1.90. The van der Waals surface area contributed by atoms with Gasteiger partial charge >= 0.3 is 0 Å². The maximum Gasteiger partial charge on any atom is 0.231 e. The number of aryl methyl sites for hydroxylation is 1. The van der Waals surface area contributed by atoms with Crippen LogP contribution in [0.1, 0.15) is 12.5 Å². The number of halogens is 1. The van der Waals surface area contributed by atoms with Gasteiger partial charge in [-0.05, 0) is 37.1 Å². The number of thioether (sulfide) groups is 1. The summed E-state index contributed by atoms with van der Waals surface area (Å²) in [5, 5.41) is 4.18. The lowest BCUT2D eigenvalue weighted by Gasteiger charge is -2.16. The molecular weight excluding hydrogens is 382 g/mol. The molecule has 0 unspecified atom stereocenters. The van der Waals surface area contributed by atoms with Crippen molar-refractivity contribution in [2.24, 2.45) is 7.05 Å². The number of carbonyl (C=O) groups excluding carboxylic acids is 2. The lowest BCUT2D eigenvalue weighted by Crippen LogP contribution is -2.42. The van der Waals surface area contributed by atoms with Crippen LogP contribution in [0.2, 0.25) is 5.02 Å². The van der Waals surface area contributed by atoms with Crippen LogP contribution in [0.4, 0.5) is 0 Å². The molecule has 0 saturated carbocycles. The fourth-order valence-corrected chi connectivity index (χ4v) is 3.76. The maximum absolute atomic E-state index is 12.4. The van der Waals surface area contributed by atoms with Gasteiger partial charge in [0.1, 0.15) is 0 Å². The smallest absolute Gasteiger partial charge is 0.231 e. The quantitative estimate of drug-likeness (QED) is 0.614. The van der Waals surface area contributed by atoms with E-state index >= 15 is 0 Å². The summed E-state index contributed by atoms with van der Waals surface area (Å²) in [6.45, 7) is 1.50. The number of ketones is 1. The van der Waals surface area contributed by atoms with Crippen LogP contribution in [0.15, 0.2) is 53.7 Å². The number of carbonyl (C=O) groups is 2. The van der Waals surface area contributed by atoms with Crippen molar-refractivity contribution in [3.63, 3.8) is 0 Å². The number of aromatic nitrogens is 2. The van der Waals surface area contributed by atoms with E-state index in [1.54, 1.807) is 6.07 Å². The average Bonchev–Trinajstić information content (AvgIpc) is 2.95. The largest absolute Gasteiger partial charge is 0.345 e. The Morgan fingerprint density at radius 1 is 1.22 bits per heavy atom. The summed E-state index contributed by atoms with van der Waals surface area (Å²) in [5.74, 6) is -0.0699. The molecule has 1 aromatic heterocycles. The Labute approximate surface area is 167 Å². The first-order chi connectivity index (χ1) is 12.9. The number of hydrogen-bond donors (Lipinski definition) is 1. The van der Waals surface area contributed by atoms with Crippen LogP contribution in [0.3, 0.4) is 0 Å². The first kappa shape index (κ1) is 19.5. The van der Waals surface area contributed by atoms with Crippen LogP contribution in [-0.2, 0) is 23.1 Å². The molecule has 3 rings (SSSR count). The highest BCUT2D eigenvalue weighted by atomic mass is 35.5. The van der Waals surface area contributed by atoms with Gasteiger partial charge in [0, 0.05) is 12.1 Å². The number of imidazole rings is 1. The van der Waals surface area contributed by atoms with Gasteiger partial charge in [0.25, 0.3) is 0 Å². The standard InChI is InChI=1S/C20H20ClN3O2S/c1-13(25)16(10-14-6-4-3-5-7-14)22-19(26)12-27-20-23-17-11-15(21)8-9-18(17)24(20)2/h3-9,11,16H,10,12H2,1-2H3,(H,22,26)/t16-/m0/s1. The number of rotatable bonds is 7. The Bertz CT molecular complexity index is 972. The molecule has 27 heavy (non-hydrogen) atoms. The maximum atomic E-state index is 12.4. The van der Waals surface area contributed by atoms with Crippen LogP contribution in [0, 0.1) is 0 Å². The highest BCUT2D eigenvalue weighted by Crippen LogP contribution is 2.25. The predicted octanol–water partition coefficient (Wildman–Crippen LogP) is 3.64. The molecular formula is C20H20ClN3O2S. The van der Waals surface area contributed by atoms with E-state index in [1.807, 2.05) is 54.1 Å². The zero-order chi connectivity index (χ0) is 19.4. The third-order valence-corrected chi connectivity index (χ3v) is 5.51. The van der Waals surface area contributed by atoms with Crippen molar-refractivity contribution in [3.05, 3.63) is 59.1 Å². The molecule has 0 aliphatic heterocycles. The highest BCUT2D eigenvalue weighted by molar-refractivity contribution is 7.99. The minimum atomic E-state index is -0.528. The summed E-state index contributed by atoms with van der Waals surface area (Å²) in [6, 6.07) is 14.6. The molecule has 3 aromatic rings. The number of fused-ring (bicyclic) bond motifs is 1. The highest BCUT2D eigenvalue weighted by Gasteiger charge is 2.18. The van der Waals surface area contributed by atoms with Gasteiger partial charge in [-0.15, -0.1) is 0 Å². The summed E-state index contributed by atoms with van der Waals surface area (Å²) >= 11 is 7.34. The molecule has 5 nitrogen and oxygen atoms in total. The number of benzene rings is 2. The minimum absolute atomic E-state index is 0.0606. The summed E-state index contributed by atoms with van der Waals surface area (Å²) in [5.41, 5.74) is 2.75. The Kier molecular flexibility index (Phi) is 6.19. The summed E-state index contributed by atoms with van der Waals surface area (Å²) in [4.78, 5) is 28.8. The monoisotopic (exact) mass is 401 g/mol. The molecule has 1 N–H and O–H groups in total. The van der Waals surface area contributed by atoms with E-state index in [9.17, 15) is 9.59 Å².